The standard InChI is InChI=1S/C11H21N3/c1-5-7-14-9(6-2)13-10(8(3)4)11(14)12/h8H,5-7,12H2,1-4H3. The summed E-state index contributed by atoms with van der Waals surface area (Å²) >= 11 is 0. The Kier molecular flexibility index (Phi) is 3.55. The van der Waals surface area contributed by atoms with E-state index in [1.54, 1.807) is 0 Å². The monoisotopic (exact) mass is 195 g/mol. The Bertz CT molecular complexity index is 300. The van der Waals surface area contributed by atoms with Crippen molar-refractivity contribution >= 4 is 5.82 Å². The number of imidazole rings is 1. The van der Waals surface area contributed by atoms with Crippen molar-refractivity contribution in [3.05, 3.63) is 11.5 Å². The Morgan fingerprint density at radius 3 is 2.43 bits per heavy atom. The van der Waals surface area contributed by atoms with Crippen molar-refractivity contribution in [3.63, 3.8) is 0 Å². The zero-order valence-corrected chi connectivity index (χ0v) is 9.67. The van der Waals surface area contributed by atoms with Gasteiger partial charge < -0.3 is 10.3 Å². The van der Waals surface area contributed by atoms with Crippen molar-refractivity contribution in [1.29, 1.82) is 0 Å². The summed E-state index contributed by atoms with van der Waals surface area (Å²) in [5, 5.41) is 0. The minimum absolute atomic E-state index is 0.415. The second-order valence-electron chi connectivity index (χ2n) is 3.96. The molecule has 1 heterocycles. The number of rotatable bonds is 4. The molecule has 14 heavy (non-hydrogen) atoms. The van der Waals surface area contributed by atoms with Gasteiger partial charge in [-0.15, -0.1) is 0 Å². The summed E-state index contributed by atoms with van der Waals surface area (Å²) in [4.78, 5) is 4.58. The van der Waals surface area contributed by atoms with Crippen molar-refractivity contribution in [1.82, 2.24) is 9.55 Å². The van der Waals surface area contributed by atoms with Crippen LogP contribution in [0.5, 0.6) is 0 Å². The second kappa shape index (κ2) is 4.49. The molecule has 0 aliphatic rings. The third-order valence-corrected chi connectivity index (χ3v) is 2.42. The topological polar surface area (TPSA) is 43.8 Å². The molecule has 0 atom stereocenters. The van der Waals surface area contributed by atoms with E-state index in [1.807, 2.05) is 0 Å². The number of aryl methyl sites for hydroxylation is 1. The summed E-state index contributed by atoms with van der Waals surface area (Å²) in [6.07, 6.45) is 2.06. The minimum atomic E-state index is 0.415. The molecule has 0 saturated heterocycles. The van der Waals surface area contributed by atoms with E-state index < -0.39 is 0 Å². The van der Waals surface area contributed by atoms with E-state index in [-0.39, 0.29) is 0 Å². The van der Waals surface area contributed by atoms with Gasteiger partial charge in [0.1, 0.15) is 11.6 Å². The molecule has 0 unspecified atom stereocenters. The van der Waals surface area contributed by atoms with Crippen molar-refractivity contribution < 1.29 is 0 Å². The van der Waals surface area contributed by atoms with E-state index in [1.165, 1.54) is 0 Å². The van der Waals surface area contributed by atoms with Gasteiger partial charge in [-0.25, -0.2) is 4.98 Å². The highest BCUT2D eigenvalue weighted by Gasteiger charge is 2.14. The highest BCUT2D eigenvalue weighted by Crippen LogP contribution is 2.23. The molecule has 0 bridgehead atoms. The lowest BCUT2D eigenvalue weighted by atomic mass is 10.1. The van der Waals surface area contributed by atoms with Gasteiger partial charge in [-0.3, -0.25) is 0 Å². The first-order chi connectivity index (χ1) is 6.61. The van der Waals surface area contributed by atoms with E-state index in [0.29, 0.717) is 5.92 Å². The molecule has 3 nitrogen and oxygen atoms in total. The average Bonchev–Trinajstić information content (AvgIpc) is 2.45. The lowest BCUT2D eigenvalue weighted by molar-refractivity contribution is 0.650. The largest absolute Gasteiger partial charge is 0.384 e. The number of nitrogen functional groups attached to an aromatic ring is 1. The summed E-state index contributed by atoms with van der Waals surface area (Å²) in [6, 6.07) is 0. The summed E-state index contributed by atoms with van der Waals surface area (Å²) in [6.45, 7) is 9.53. The molecule has 2 N–H and O–H groups in total. The van der Waals surface area contributed by atoms with Crippen LogP contribution in [0.15, 0.2) is 0 Å². The fraction of sp³-hybridized carbons (Fsp3) is 0.727. The number of nitrogens with two attached hydrogens (primary N) is 1. The Morgan fingerprint density at radius 2 is 2.00 bits per heavy atom. The number of nitrogens with zero attached hydrogens (tertiary/aromatic N) is 2. The Labute approximate surface area is 86.3 Å². The number of aromatic nitrogens is 2. The minimum Gasteiger partial charge on any atom is -0.384 e. The first-order valence-electron chi connectivity index (χ1n) is 5.46. The molecule has 80 valence electrons. The Morgan fingerprint density at radius 1 is 1.36 bits per heavy atom. The highest BCUT2D eigenvalue weighted by molar-refractivity contribution is 5.40. The maximum Gasteiger partial charge on any atom is 0.127 e. The van der Waals surface area contributed by atoms with E-state index in [0.717, 1.165) is 36.7 Å². The Balaban J connectivity index is 3.11. The predicted octanol–water partition coefficient (Wildman–Crippen LogP) is 2.56. The molecule has 0 aliphatic heterocycles. The molecule has 0 radical (unpaired) electrons. The van der Waals surface area contributed by atoms with Gasteiger partial charge in [-0.1, -0.05) is 27.7 Å². The normalized spacial score (nSPS) is 11.2. The van der Waals surface area contributed by atoms with Crippen LogP contribution in [-0.4, -0.2) is 9.55 Å². The van der Waals surface area contributed by atoms with Gasteiger partial charge in [0.2, 0.25) is 0 Å². The molecule has 0 aliphatic carbocycles. The molecular weight excluding hydrogens is 174 g/mol. The second-order valence-corrected chi connectivity index (χ2v) is 3.96. The van der Waals surface area contributed by atoms with Crippen molar-refractivity contribution in [3.8, 4) is 0 Å². The van der Waals surface area contributed by atoms with E-state index in [4.69, 9.17) is 5.73 Å². The predicted molar refractivity (Wildman–Crippen MR) is 60.4 cm³/mol. The fourth-order valence-electron chi connectivity index (χ4n) is 1.70. The van der Waals surface area contributed by atoms with E-state index >= 15 is 0 Å². The molecule has 3 heteroatoms. The maximum atomic E-state index is 6.07. The highest BCUT2D eigenvalue weighted by atomic mass is 15.1. The summed E-state index contributed by atoms with van der Waals surface area (Å²) < 4.78 is 2.15. The van der Waals surface area contributed by atoms with Crippen molar-refractivity contribution in [2.24, 2.45) is 0 Å². The number of anilines is 1. The third-order valence-electron chi connectivity index (χ3n) is 2.42. The fourth-order valence-corrected chi connectivity index (χ4v) is 1.70. The first kappa shape index (κ1) is 11.1. The lowest BCUT2D eigenvalue weighted by Crippen LogP contribution is -2.06. The van der Waals surface area contributed by atoms with Crippen LogP contribution in [0.2, 0.25) is 0 Å². The van der Waals surface area contributed by atoms with Crippen LogP contribution >= 0.6 is 0 Å². The molecule has 1 aromatic heterocycles. The molecule has 0 spiro atoms. The third kappa shape index (κ3) is 1.91. The van der Waals surface area contributed by atoms with E-state index in [2.05, 4.69) is 37.2 Å². The van der Waals surface area contributed by atoms with Gasteiger partial charge in [-0.2, -0.15) is 0 Å². The number of hydrogen-bond acceptors (Lipinski definition) is 2. The van der Waals surface area contributed by atoms with Gasteiger partial charge in [0.15, 0.2) is 0 Å². The quantitative estimate of drug-likeness (QED) is 0.802. The van der Waals surface area contributed by atoms with Crippen LogP contribution in [0, 0.1) is 0 Å². The van der Waals surface area contributed by atoms with Crippen LogP contribution < -0.4 is 5.73 Å². The zero-order valence-electron chi connectivity index (χ0n) is 9.67. The zero-order chi connectivity index (χ0) is 10.7. The van der Waals surface area contributed by atoms with Gasteiger partial charge in [0, 0.05) is 13.0 Å². The molecule has 0 amide bonds. The van der Waals surface area contributed by atoms with Crippen LogP contribution in [0.25, 0.3) is 0 Å². The lowest BCUT2D eigenvalue weighted by Gasteiger charge is -2.07. The van der Waals surface area contributed by atoms with Crippen LogP contribution in [0.4, 0.5) is 5.82 Å². The molecule has 0 fully saturated rings. The molecule has 0 aromatic carbocycles. The Hall–Kier alpha value is -0.990. The SMILES string of the molecule is CCCn1c(CC)nc(C(C)C)c1N. The van der Waals surface area contributed by atoms with Crippen LogP contribution in [-0.2, 0) is 13.0 Å². The van der Waals surface area contributed by atoms with Crippen molar-refractivity contribution in [2.45, 2.75) is 53.0 Å². The van der Waals surface area contributed by atoms with Crippen molar-refractivity contribution in [2.75, 3.05) is 5.73 Å². The molecule has 0 saturated carbocycles. The van der Waals surface area contributed by atoms with E-state index in [9.17, 15) is 0 Å². The smallest absolute Gasteiger partial charge is 0.127 e. The molecular formula is C11H21N3. The average molecular weight is 195 g/mol. The summed E-state index contributed by atoms with van der Waals surface area (Å²) in [7, 11) is 0. The van der Waals surface area contributed by atoms with Crippen LogP contribution in [0.1, 0.15) is 51.6 Å². The van der Waals surface area contributed by atoms with Gasteiger partial charge in [0.05, 0.1) is 5.69 Å². The summed E-state index contributed by atoms with van der Waals surface area (Å²) in [5.74, 6) is 2.39. The summed E-state index contributed by atoms with van der Waals surface area (Å²) in [5.41, 5.74) is 7.12. The molecule has 1 rings (SSSR count). The van der Waals surface area contributed by atoms with Gasteiger partial charge in [-0.05, 0) is 12.3 Å². The van der Waals surface area contributed by atoms with Gasteiger partial charge >= 0.3 is 0 Å². The number of hydrogen-bond donors (Lipinski definition) is 1. The molecule has 1 aromatic rings. The maximum absolute atomic E-state index is 6.07. The van der Waals surface area contributed by atoms with Crippen LogP contribution in [0.3, 0.4) is 0 Å². The van der Waals surface area contributed by atoms with Gasteiger partial charge in [0.25, 0.3) is 0 Å². The first-order valence-corrected chi connectivity index (χ1v) is 5.46.